The van der Waals surface area contributed by atoms with Gasteiger partial charge < -0.3 is 5.32 Å². The summed E-state index contributed by atoms with van der Waals surface area (Å²) in [5.74, 6) is 0.967. The van der Waals surface area contributed by atoms with Crippen molar-refractivity contribution < 1.29 is 4.79 Å². The maximum atomic E-state index is 12.0. The summed E-state index contributed by atoms with van der Waals surface area (Å²) >= 11 is 0. The Morgan fingerprint density at radius 3 is 2.39 bits per heavy atom. The van der Waals surface area contributed by atoms with Crippen LogP contribution in [0.25, 0.3) is 5.95 Å². The van der Waals surface area contributed by atoms with E-state index in [0.717, 1.165) is 17.2 Å². The zero-order valence-corrected chi connectivity index (χ0v) is 13.3. The molecule has 0 bridgehead atoms. The summed E-state index contributed by atoms with van der Waals surface area (Å²) in [6.45, 7) is 5.80. The minimum atomic E-state index is -0.361. The molecule has 0 fully saturated rings. The van der Waals surface area contributed by atoms with E-state index in [-0.39, 0.29) is 11.6 Å². The average Bonchev–Trinajstić information content (AvgIpc) is 3.05. The molecule has 0 radical (unpaired) electrons. The van der Waals surface area contributed by atoms with E-state index in [2.05, 4.69) is 30.6 Å². The summed E-state index contributed by atoms with van der Waals surface area (Å²) in [6, 6.07) is 0. The van der Waals surface area contributed by atoms with E-state index in [0.29, 0.717) is 11.6 Å². The van der Waals surface area contributed by atoms with Gasteiger partial charge in [0, 0.05) is 12.7 Å². The highest BCUT2D eigenvalue weighted by Crippen LogP contribution is 2.15. The lowest BCUT2D eigenvalue weighted by molar-refractivity contribution is 0.102. The number of nitrogens with one attached hydrogen (secondary N) is 1. The third-order valence-corrected chi connectivity index (χ3v) is 3.44. The maximum absolute atomic E-state index is 12.0. The van der Waals surface area contributed by atoms with Crippen LogP contribution < -0.4 is 5.32 Å². The summed E-state index contributed by atoms with van der Waals surface area (Å²) in [7, 11) is 1.69. The summed E-state index contributed by atoms with van der Waals surface area (Å²) in [5, 5.41) is 10.1. The summed E-state index contributed by atoms with van der Waals surface area (Å²) < 4.78 is 3.32. The molecule has 0 unspecified atom stereocenters. The second-order valence-corrected chi connectivity index (χ2v) is 5.17. The zero-order valence-electron chi connectivity index (χ0n) is 13.3. The Morgan fingerprint density at radius 1 is 1.17 bits per heavy atom. The topological polar surface area (TPSA) is 103 Å². The van der Waals surface area contributed by atoms with Gasteiger partial charge in [0.1, 0.15) is 5.82 Å². The van der Waals surface area contributed by atoms with Crippen LogP contribution in [0.2, 0.25) is 0 Å². The molecule has 0 spiro atoms. The molecule has 0 aliphatic rings. The smallest absolute Gasteiger partial charge is 0.277 e. The van der Waals surface area contributed by atoms with E-state index in [1.807, 2.05) is 25.3 Å². The van der Waals surface area contributed by atoms with Crippen LogP contribution in [0.1, 0.15) is 27.7 Å². The van der Waals surface area contributed by atoms with Crippen LogP contribution in [-0.2, 0) is 7.05 Å². The van der Waals surface area contributed by atoms with Gasteiger partial charge in [-0.2, -0.15) is 0 Å². The number of amides is 1. The lowest BCUT2D eigenvalue weighted by atomic mass is 10.4. The normalized spacial score (nSPS) is 10.8. The Hall–Kier alpha value is -3.10. The van der Waals surface area contributed by atoms with Crippen LogP contribution >= 0.6 is 0 Å². The van der Waals surface area contributed by atoms with Crippen molar-refractivity contribution >= 4 is 11.6 Å². The van der Waals surface area contributed by atoms with E-state index in [4.69, 9.17) is 0 Å². The molecule has 118 valence electrons. The van der Waals surface area contributed by atoms with Gasteiger partial charge >= 0.3 is 0 Å². The first kappa shape index (κ1) is 14.8. The highest BCUT2D eigenvalue weighted by molar-refractivity contribution is 6.02. The fourth-order valence-corrected chi connectivity index (χ4v) is 2.22. The molecule has 3 aromatic heterocycles. The molecule has 9 heteroatoms. The quantitative estimate of drug-likeness (QED) is 0.773. The molecule has 0 saturated carbocycles. The SMILES string of the molecule is Cc1nc(C)n(-c2ncc(NC(=O)c3cn(C)nn3)cn2)c1C. The fraction of sp³-hybridized carbons (Fsp3) is 0.286. The molecule has 1 amide bonds. The first-order valence-corrected chi connectivity index (χ1v) is 6.98. The Bertz CT molecular complexity index is 862. The zero-order chi connectivity index (χ0) is 16.6. The Morgan fingerprint density at radius 2 is 1.87 bits per heavy atom. The van der Waals surface area contributed by atoms with E-state index in [1.54, 1.807) is 19.4 Å². The van der Waals surface area contributed by atoms with Crippen molar-refractivity contribution in [3.8, 4) is 5.95 Å². The van der Waals surface area contributed by atoms with Crippen molar-refractivity contribution in [1.82, 2.24) is 34.5 Å². The Balaban J connectivity index is 1.81. The van der Waals surface area contributed by atoms with Crippen molar-refractivity contribution in [1.29, 1.82) is 0 Å². The third-order valence-electron chi connectivity index (χ3n) is 3.44. The number of carbonyl (C=O) groups excluding carboxylic acids is 1. The van der Waals surface area contributed by atoms with Gasteiger partial charge in [0.25, 0.3) is 5.91 Å². The van der Waals surface area contributed by atoms with Crippen LogP contribution in [0.5, 0.6) is 0 Å². The van der Waals surface area contributed by atoms with Crippen LogP contribution in [0.3, 0.4) is 0 Å². The molecule has 0 atom stereocenters. The Labute approximate surface area is 132 Å². The minimum Gasteiger partial charge on any atom is -0.318 e. The number of hydrogen-bond donors (Lipinski definition) is 1. The predicted octanol–water partition coefficient (Wildman–Crippen LogP) is 0.968. The van der Waals surface area contributed by atoms with E-state index in [9.17, 15) is 4.79 Å². The molecule has 3 rings (SSSR count). The Kier molecular flexibility index (Phi) is 3.61. The highest BCUT2D eigenvalue weighted by Gasteiger charge is 2.13. The molecule has 23 heavy (non-hydrogen) atoms. The maximum Gasteiger partial charge on any atom is 0.277 e. The summed E-state index contributed by atoms with van der Waals surface area (Å²) in [6.07, 6.45) is 4.63. The van der Waals surface area contributed by atoms with E-state index in [1.165, 1.54) is 10.9 Å². The van der Waals surface area contributed by atoms with Crippen LogP contribution in [0.4, 0.5) is 5.69 Å². The number of carbonyl (C=O) groups is 1. The van der Waals surface area contributed by atoms with Crippen molar-refractivity contribution in [2.24, 2.45) is 7.05 Å². The van der Waals surface area contributed by atoms with Gasteiger partial charge in [-0.25, -0.2) is 15.0 Å². The highest BCUT2D eigenvalue weighted by atomic mass is 16.2. The van der Waals surface area contributed by atoms with Crippen molar-refractivity contribution in [3.63, 3.8) is 0 Å². The summed E-state index contributed by atoms with van der Waals surface area (Å²) in [4.78, 5) is 25.0. The van der Waals surface area contributed by atoms with Gasteiger partial charge in [0.05, 0.1) is 30.0 Å². The molecular weight excluding hydrogens is 296 g/mol. The number of aryl methyl sites for hydroxylation is 3. The van der Waals surface area contributed by atoms with Gasteiger partial charge in [-0.15, -0.1) is 5.10 Å². The number of aromatic nitrogens is 7. The fourth-order valence-electron chi connectivity index (χ4n) is 2.22. The number of rotatable bonds is 3. The molecule has 3 aromatic rings. The summed E-state index contributed by atoms with van der Waals surface area (Å²) in [5.41, 5.74) is 2.63. The minimum absolute atomic E-state index is 0.230. The van der Waals surface area contributed by atoms with Crippen LogP contribution in [0, 0.1) is 20.8 Å². The first-order valence-electron chi connectivity index (χ1n) is 6.98. The van der Waals surface area contributed by atoms with Crippen molar-refractivity contribution in [2.45, 2.75) is 20.8 Å². The molecule has 1 N–H and O–H groups in total. The molecule has 0 aromatic carbocycles. The predicted molar refractivity (Wildman–Crippen MR) is 82.3 cm³/mol. The van der Waals surface area contributed by atoms with Gasteiger partial charge in [-0.1, -0.05) is 5.21 Å². The van der Waals surface area contributed by atoms with Gasteiger partial charge in [-0.3, -0.25) is 14.0 Å². The standard InChI is InChI=1S/C14H16N8O/c1-8-9(2)22(10(3)17-8)14-15-5-11(6-16-14)18-13(23)12-7-21(4)20-19-12/h5-7H,1-4H3,(H,18,23). The van der Waals surface area contributed by atoms with E-state index < -0.39 is 0 Å². The first-order chi connectivity index (χ1) is 11.0. The molecular formula is C14H16N8O. The second-order valence-electron chi connectivity index (χ2n) is 5.17. The van der Waals surface area contributed by atoms with Crippen molar-refractivity contribution in [2.75, 3.05) is 5.32 Å². The number of nitrogens with zero attached hydrogens (tertiary/aromatic N) is 7. The molecule has 0 saturated heterocycles. The van der Waals surface area contributed by atoms with Gasteiger partial charge in [0.2, 0.25) is 5.95 Å². The monoisotopic (exact) mass is 312 g/mol. The van der Waals surface area contributed by atoms with Crippen molar-refractivity contribution in [3.05, 3.63) is 41.5 Å². The van der Waals surface area contributed by atoms with Crippen LogP contribution in [0.15, 0.2) is 18.6 Å². The van der Waals surface area contributed by atoms with Gasteiger partial charge in [-0.05, 0) is 20.8 Å². The second kappa shape index (κ2) is 5.59. The lowest BCUT2D eigenvalue weighted by Gasteiger charge is -2.07. The van der Waals surface area contributed by atoms with Crippen LogP contribution in [-0.4, -0.2) is 40.4 Å². The third kappa shape index (κ3) is 2.80. The van der Waals surface area contributed by atoms with E-state index >= 15 is 0 Å². The van der Waals surface area contributed by atoms with Gasteiger partial charge in [0.15, 0.2) is 5.69 Å². The molecule has 3 heterocycles. The number of anilines is 1. The molecule has 0 aliphatic heterocycles. The number of hydrogen-bond acceptors (Lipinski definition) is 6. The molecule has 0 aliphatic carbocycles. The average molecular weight is 312 g/mol. The largest absolute Gasteiger partial charge is 0.318 e. The lowest BCUT2D eigenvalue weighted by Crippen LogP contribution is -2.13. The number of imidazole rings is 1. The molecule has 9 nitrogen and oxygen atoms in total.